The highest BCUT2D eigenvalue weighted by atomic mass is 16.4. The van der Waals surface area contributed by atoms with Gasteiger partial charge in [0.25, 0.3) is 0 Å². The highest BCUT2D eigenvalue weighted by Gasteiger charge is 2.12. The van der Waals surface area contributed by atoms with Crippen molar-refractivity contribution in [3.63, 3.8) is 0 Å². The van der Waals surface area contributed by atoms with E-state index in [9.17, 15) is 9.59 Å². The van der Waals surface area contributed by atoms with Crippen LogP contribution in [0.15, 0.2) is 79.6 Å². The van der Waals surface area contributed by atoms with Crippen molar-refractivity contribution in [2.75, 3.05) is 0 Å². The maximum absolute atomic E-state index is 12.2. The SMILES string of the molecule is C=Cc1c(/C=C\C)nc(-c2ccc(-c3nc4ccccc4c(=O)o3)cc2)oc1=O. The van der Waals surface area contributed by atoms with Crippen molar-refractivity contribution < 1.29 is 8.83 Å². The van der Waals surface area contributed by atoms with Crippen molar-refractivity contribution in [3.05, 3.63) is 93.3 Å². The minimum Gasteiger partial charge on any atom is -0.403 e. The average molecular weight is 384 g/mol. The summed E-state index contributed by atoms with van der Waals surface area (Å²) in [6.07, 6.45) is 4.93. The molecule has 0 unspecified atom stereocenters. The quantitative estimate of drug-likeness (QED) is 0.513. The third kappa shape index (κ3) is 3.43. The summed E-state index contributed by atoms with van der Waals surface area (Å²) in [4.78, 5) is 33.2. The number of nitrogens with zero attached hydrogens (tertiary/aromatic N) is 2. The Balaban J connectivity index is 1.77. The first-order valence-electron chi connectivity index (χ1n) is 8.91. The molecular formula is C23H16N2O4. The Bertz CT molecular complexity index is 1360. The van der Waals surface area contributed by atoms with E-state index < -0.39 is 11.3 Å². The first kappa shape index (κ1) is 18.3. The molecular weight excluding hydrogens is 368 g/mol. The molecule has 0 bridgehead atoms. The molecule has 4 rings (SSSR count). The molecule has 0 radical (unpaired) electrons. The second kappa shape index (κ2) is 7.52. The second-order valence-corrected chi connectivity index (χ2v) is 6.21. The van der Waals surface area contributed by atoms with E-state index >= 15 is 0 Å². The van der Waals surface area contributed by atoms with E-state index in [1.165, 1.54) is 6.08 Å². The van der Waals surface area contributed by atoms with Crippen LogP contribution in [0.5, 0.6) is 0 Å². The number of aromatic nitrogens is 2. The van der Waals surface area contributed by atoms with Crippen LogP contribution in [0.3, 0.4) is 0 Å². The molecule has 0 spiro atoms. The molecule has 2 aromatic carbocycles. The summed E-state index contributed by atoms with van der Waals surface area (Å²) in [5, 5.41) is 0.428. The molecule has 0 atom stereocenters. The number of fused-ring (bicyclic) bond motifs is 1. The summed E-state index contributed by atoms with van der Waals surface area (Å²) in [6.45, 7) is 5.47. The summed E-state index contributed by atoms with van der Waals surface area (Å²) >= 11 is 0. The van der Waals surface area contributed by atoms with Crippen LogP contribution in [-0.4, -0.2) is 9.97 Å². The maximum atomic E-state index is 12.2. The molecule has 0 saturated heterocycles. The fraction of sp³-hybridized carbons (Fsp3) is 0.0435. The predicted octanol–water partition coefficient (Wildman–Crippen LogP) is 4.55. The molecule has 2 heterocycles. The van der Waals surface area contributed by atoms with Gasteiger partial charge in [-0.15, -0.1) is 0 Å². The Morgan fingerprint density at radius 2 is 1.48 bits per heavy atom. The van der Waals surface area contributed by atoms with Crippen molar-refractivity contribution in [1.29, 1.82) is 0 Å². The summed E-state index contributed by atoms with van der Waals surface area (Å²) in [5.74, 6) is 0.402. The Hall–Kier alpha value is -4.06. The van der Waals surface area contributed by atoms with E-state index in [2.05, 4.69) is 16.5 Å². The van der Waals surface area contributed by atoms with Crippen molar-refractivity contribution in [3.8, 4) is 22.9 Å². The van der Waals surface area contributed by atoms with Gasteiger partial charge in [0.15, 0.2) is 0 Å². The normalized spacial score (nSPS) is 11.2. The zero-order valence-corrected chi connectivity index (χ0v) is 15.6. The number of allylic oxidation sites excluding steroid dienone is 1. The molecule has 0 fully saturated rings. The molecule has 6 heteroatoms. The lowest BCUT2D eigenvalue weighted by molar-refractivity contribution is 0.504. The summed E-state index contributed by atoms with van der Waals surface area (Å²) in [5.41, 5.74) is 1.63. The predicted molar refractivity (Wildman–Crippen MR) is 112 cm³/mol. The average Bonchev–Trinajstić information content (AvgIpc) is 2.74. The molecule has 0 saturated carbocycles. The number of rotatable bonds is 4. The third-order valence-corrected chi connectivity index (χ3v) is 4.35. The molecule has 2 aromatic heterocycles. The summed E-state index contributed by atoms with van der Waals surface area (Å²) in [6, 6.07) is 13.9. The summed E-state index contributed by atoms with van der Waals surface area (Å²) in [7, 11) is 0. The summed E-state index contributed by atoms with van der Waals surface area (Å²) < 4.78 is 10.7. The van der Waals surface area contributed by atoms with E-state index in [-0.39, 0.29) is 11.8 Å². The fourth-order valence-electron chi connectivity index (χ4n) is 2.93. The zero-order chi connectivity index (χ0) is 20.4. The zero-order valence-electron chi connectivity index (χ0n) is 15.6. The second-order valence-electron chi connectivity index (χ2n) is 6.21. The van der Waals surface area contributed by atoms with Gasteiger partial charge < -0.3 is 8.83 Å². The van der Waals surface area contributed by atoms with E-state index in [1.807, 2.05) is 13.0 Å². The lowest BCUT2D eigenvalue weighted by atomic mass is 10.1. The largest absolute Gasteiger partial charge is 0.403 e. The third-order valence-electron chi connectivity index (χ3n) is 4.35. The van der Waals surface area contributed by atoms with Gasteiger partial charge in [-0.05, 0) is 49.4 Å². The molecule has 142 valence electrons. The Kier molecular flexibility index (Phi) is 4.75. The monoisotopic (exact) mass is 384 g/mol. The van der Waals surface area contributed by atoms with Crippen LogP contribution in [0.25, 0.3) is 46.0 Å². The van der Waals surface area contributed by atoms with Crippen LogP contribution in [0.4, 0.5) is 0 Å². The molecule has 0 aliphatic carbocycles. The fourth-order valence-corrected chi connectivity index (χ4v) is 2.93. The highest BCUT2D eigenvalue weighted by Crippen LogP contribution is 2.23. The van der Waals surface area contributed by atoms with Crippen LogP contribution in [0.2, 0.25) is 0 Å². The van der Waals surface area contributed by atoms with Gasteiger partial charge in [-0.25, -0.2) is 19.6 Å². The smallest absolute Gasteiger partial charge is 0.347 e. The minimum absolute atomic E-state index is 0.188. The highest BCUT2D eigenvalue weighted by molar-refractivity contribution is 5.78. The van der Waals surface area contributed by atoms with Crippen LogP contribution in [0, 0.1) is 0 Å². The molecule has 0 aliphatic heterocycles. The molecule has 0 amide bonds. The van der Waals surface area contributed by atoms with Crippen LogP contribution >= 0.6 is 0 Å². The number of hydrogen-bond donors (Lipinski definition) is 0. The Morgan fingerprint density at radius 1 is 0.862 bits per heavy atom. The van der Waals surface area contributed by atoms with Gasteiger partial charge in [-0.2, -0.15) is 0 Å². The number of hydrogen-bond acceptors (Lipinski definition) is 6. The standard InChI is InChI=1S/C23H16N2O4/c1-3-7-18-16(4-2)22(26)28-20(24-18)14-10-12-15(13-11-14)21-25-19-9-6-5-8-17(19)23(27)29-21/h3-13H,2H2,1H3/b7-3-. The minimum atomic E-state index is -0.510. The van der Waals surface area contributed by atoms with Crippen LogP contribution in [0.1, 0.15) is 18.2 Å². The topological polar surface area (TPSA) is 86.2 Å². The van der Waals surface area contributed by atoms with Gasteiger partial charge in [0, 0.05) is 11.1 Å². The van der Waals surface area contributed by atoms with Crippen LogP contribution < -0.4 is 11.3 Å². The molecule has 0 N–H and O–H groups in total. The number of benzene rings is 2. The van der Waals surface area contributed by atoms with E-state index in [0.717, 1.165) is 0 Å². The molecule has 6 nitrogen and oxygen atoms in total. The van der Waals surface area contributed by atoms with Crippen molar-refractivity contribution in [2.24, 2.45) is 0 Å². The van der Waals surface area contributed by atoms with E-state index in [1.54, 1.807) is 54.6 Å². The first-order chi connectivity index (χ1) is 14.1. The van der Waals surface area contributed by atoms with E-state index in [4.69, 9.17) is 8.83 Å². The maximum Gasteiger partial charge on any atom is 0.347 e. The Morgan fingerprint density at radius 3 is 2.14 bits per heavy atom. The Labute approximate surface area is 165 Å². The van der Waals surface area contributed by atoms with Crippen molar-refractivity contribution >= 4 is 23.1 Å². The van der Waals surface area contributed by atoms with Crippen molar-refractivity contribution in [2.45, 2.75) is 6.92 Å². The van der Waals surface area contributed by atoms with Crippen molar-refractivity contribution in [1.82, 2.24) is 9.97 Å². The lowest BCUT2D eigenvalue weighted by Crippen LogP contribution is -2.08. The van der Waals surface area contributed by atoms with Gasteiger partial charge in [0.1, 0.15) is 0 Å². The lowest BCUT2D eigenvalue weighted by Gasteiger charge is -2.05. The van der Waals surface area contributed by atoms with Gasteiger partial charge in [-0.1, -0.05) is 30.9 Å². The van der Waals surface area contributed by atoms with Gasteiger partial charge in [-0.3, -0.25) is 0 Å². The van der Waals surface area contributed by atoms with Crippen LogP contribution in [-0.2, 0) is 0 Å². The first-order valence-corrected chi connectivity index (χ1v) is 8.91. The van der Waals surface area contributed by atoms with E-state index in [0.29, 0.717) is 33.3 Å². The van der Waals surface area contributed by atoms with Gasteiger partial charge in [0.2, 0.25) is 11.8 Å². The molecule has 0 aliphatic rings. The van der Waals surface area contributed by atoms with Gasteiger partial charge in [0.05, 0.1) is 22.2 Å². The molecule has 4 aromatic rings. The van der Waals surface area contributed by atoms with Gasteiger partial charge >= 0.3 is 11.3 Å². The molecule has 29 heavy (non-hydrogen) atoms. The number of para-hydroxylation sites is 1.